The van der Waals surface area contributed by atoms with Gasteiger partial charge in [0.25, 0.3) is 0 Å². The third-order valence-electron chi connectivity index (χ3n) is 3.67. The van der Waals surface area contributed by atoms with E-state index in [9.17, 15) is 9.59 Å². The van der Waals surface area contributed by atoms with Crippen molar-refractivity contribution in [1.82, 2.24) is 0 Å². The van der Waals surface area contributed by atoms with Gasteiger partial charge in [-0.15, -0.1) is 0 Å². The molecule has 4 nitrogen and oxygen atoms in total. The normalized spacial score (nSPS) is 12.5. The van der Waals surface area contributed by atoms with Crippen molar-refractivity contribution in [3.63, 3.8) is 0 Å². The first kappa shape index (κ1) is 18.2. The molecule has 122 valence electrons. The number of esters is 1. The second kappa shape index (κ2) is 8.57. The van der Waals surface area contributed by atoms with E-state index in [0.29, 0.717) is 23.7 Å². The van der Waals surface area contributed by atoms with E-state index in [-0.39, 0.29) is 5.97 Å². The van der Waals surface area contributed by atoms with Crippen molar-refractivity contribution in [2.24, 2.45) is 5.92 Å². The number of benzene rings is 1. The van der Waals surface area contributed by atoms with Gasteiger partial charge in [-0.1, -0.05) is 13.3 Å². The first-order valence-corrected chi connectivity index (χ1v) is 7.69. The van der Waals surface area contributed by atoms with Crippen LogP contribution < -0.4 is 4.74 Å². The van der Waals surface area contributed by atoms with Crippen LogP contribution in [-0.2, 0) is 9.53 Å². The Morgan fingerprint density at radius 1 is 1.27 bits per heavy atom. The molecule has 1 aromatic rings. The van der Waals surface area contributed by atoms with E-state index in [1.165, 1.54) is 0 Å². The summed E-state index contributed by atoms with van der Waals surface area (Å²) >= 11 is 0. The topological polar surface area (TPSA) is 52.6 Å². The van der Waals surface area contributed by atoms with Crippen LogP contribution in [0.1, 0.15) is 56.8 Å². The van der Waals surface area contributed by atoms with Crippen LogP contribution in [0.4, 0.5) is 0 Å². The molecule has 0 aliphatic rings. The molecule has 4 heteroatoms. The van der Waals surface area contributed by atoms with Crippen LogP contribution in [0.5, 0.6) is 5.75 Å². The fourth-order valence-corrected chi connectivity index (χ4v) is 2.25. The summed E-state index contributed by atoms with van der Waals surface area (Å²) in [5.74, 6) is 0.763. The van der Waals surface area contributed by atoms with E-state index >= 15 is 0 Å². The minimum Gasteiger partial charge on any atom is -0.497 e. The molecule has 0 aromatic heterocycles. The van der Waals surface area contributed by atoms with E-state index in [1.807, 2.05) is 13.8 Å². The number of rotatable bonds is 9. The van der Waals surface area contributed by atoms with Gasteiger partial charge >= 0.3 is 5.97 Å². The Morgan fingerprint density at radius 3 is 2.45 bits per heavy atom. The fraction of sp³-hybridized carbons (Fsp3) is 0.556. The second-order valence-corrected chi connectivity index (χ2v) is 6.28. The molecule has 0 amide bonds. The molecule has 1 rings (SSSR count). The van der Waals surface area contributed by atoms with Gasteiger partial charge in [-0.25, -0.2) is 4.79 Å². The van der Waals surface area contributed by atoms with Gasteiger partial charge in [0.2, 0.25) is 0 Å². The molecule has 0 aliphatic carbocycles. The molecule has 0 bridgehead atoms. The molecule has 1 unspecified atom stereocenters. The van der Waals surface area contributed by atoms with Gasteiger partial charge in [0.05, 0.1) is 12.7 Å². The van der Waals surface area contributed by atoms with Gasteiger partial charge in [0.1, 0.15) is 17.6 Å². The lowest BCUT2D eigenvalue weighted by atomic mass is 9.95. The average molecular weight is 306 g/mol. The molecule has 0 aliphatic heterocycles. The summed E-state index contributed by atoms with van der Waals surface area (Å²) in [6, 6.07) is 6.88. The Morgan fingerprint density at radius 2 is 1.91 bits per heavy atom. The van der Waals surface area contributed by atoms with E-state index < -0.39 is 5.60 Å². The molecule has 0 fully saturated rings. The van der Waals surface area contributed by atoms with Crippen molar-refractivity contribution in [3.8, 4) is 5.75 Å². The number of carbonyl (C=O) groups is 2. The van der Waals surface area contributed by atoms with Crippen LogP contribution in [0, 0.1) is 5.92 Å². The summed E-state index contributed by atoms with van der Waals surface area (Å²) in [5.41, 5.74) is 0.000888. The molecule has 0 saturated heterocycles. The Bertz CT molecular complexity index is 476. The summed E-state index contributed by atoms with van der Waals surface area (Å²) in [7, 11) is 1.59. The largest absolute Gasteiger partial charge is 0.497 e. The van der Waals surface area contributed by atoms with Gasteiger partial charge in [-0.2, -0.15) is 0 Å². The molecular weight excluding hydrogens is 280 g/mol. The van der Waals surface area contributed by atoms with Crippen molar-refractivity contribution in [1.29, 1.82) is 0 Å². The van der Waals surface area contributed by atoms with Gasteiger partial charge in [0, 0.05) is 6.42 Å². The van der Waals surface area contributed by atoms with E-state index in [4.69, 9.17) is 9.47 Å². The average Bonchev–Trinajstić information content (AvgIpc) is 2.47. The van der Waals surface area contributed by atoms with Crippen molar-refractivity contribution >= 4 is 12.3 Å². The summed E-state index contributed by atoms with van der Waals surface area (Å²) in [5, 5.41) is 0. The van der Waals surface area contributed by atoms with Crippen LogP contribution in [0.15, 0.2) is 24.3 Å². The lowest BCUT2D eigenvalue weighted by molar-refractivity contribution is -0.108. The molecule has 0 spiro atoms. The Hall–Kier alpha value is -1.84. The van der Waals surface area contributed by atoms with E-state index in [2.05, 4.69) is 6.92 Å². The van der Waals surface area contributed by atoms with Crippen molar-refractivity contribution in [2.45, 2.75) is 52.1 Å². The second-order valence-electron chi connectivity index (χ2n) is 6.28. The highest BCUT2D eigenvalue weighted by atomic mass is 16.6. The third kappa shape index (κ3) is 6.29. The molecule has 1 aromatic carbocycles. The number of ether oxygens (including phenoxy) is 2. The summed E-state index contributed by atoms with van der Waals surface area (Å²) in [4.78, 5) is 22.6. The molecule has 0 heterocycles. The van der Waals surface area contributed by atoms with Gasteiger partial charge in [0.15, 0.2) is 0 Å². The molecule has 0 saturated carbocycles. The van der Waals surface area contributed by atoms with E-state index in [0.717, 1.165) is 25.5 Å². The number of hydrogen-bond acceptors (Lipinski definition) is 4. The molecule has 22 heavy (non-hydrogen) atoms. The standard InChI is InChI=1S/C18H26O4/c1-14(11-13-19)6-5-12-18(2,3)22-17(20)15-7-9-16(21-4)10-8-15/h7-10,13-14H,5-6,11-12H2,1-4H3. The molecule has 1 atom stereocenters. The van der Waals surface area contributed by atoms with Gasteiger partial charge in [-0.05, 0) is 56.9 Å². The first-order valence-electron chi connectivity index (χ1n) is 7.69. The predicted octanol–water partition coefficient (Wildman–Crippen LogP) is 4.03. The highest BCUT2D eigenvalue weighted by molar-refractivity contribution is 5.89. The molecular formula is C18H26O4. The van der Waals surface area contributed by atoms with Crippen LogP contribution >= 0.6 is 0 Å². The summed E-state index contributed by atoms with van der Waals surface area (Å²) in [6.45, 7) is 5.89. The monoisotopic (exact) mass is 306 g/mol. The van der Waals surface area contributed by atoms with Crippen LogP contribution in [-0.4, -0.2) is 25.0 Å². The number of carbonyl (C=O) groups excluding carboxylic acids is 2. The maximum absolute atomic E-state index is 12.2. The molecule has 0 N–H and O–H groups in total. The highest BCUT2D eigenvalue weighted by Crippen LogP contribution is 2.23. The zero-order chi connectivity index (χ0) is 16.6. The van der Waals surface area contributed by atoms with Crippen LogP contribution in [0.25, 0.3) is 0 Å². The number of hydrogen-bond donors (Lipinski definition) is 0. The van der Waals surface area contributed by atoms with Gasteiger partial charge in [-0.3, -0.25) is 0 Å². The Labute approximate surface area is 132 Å². The zero-order valence-electron chi connectivity index (χ0n) is 13.9. The lowest BCUT2D eigenvalue weighted by Gasteiger charge is -2.25. The molecule has 0 radical (unpaired) electrons. The first-order chi connectivity index (χ1) is 10.4. The van der Waals surface area contributed by atoms with Crippen molar-refractivity contribution < 1.29 is 19.1 Å². The lowest BCUT2D eigenvalue weighted by Crippen LogP contribution is -2.28. The highest BCUT2D eigenvalue weighted by Gasteiger charge is 2.23. The van der Waals surface area contributed by atoms with Crippen LogP contribution in [0.2, 0.25) is 0 Å². The van der Waals surface area contributed by atoms with Crippen LogP contribution in [0.3, 0.4) is 0 Å². The quantitative estimate of drug-likeness (QED) is 0.510. The zero-order valence-corrected chi connectivity index (χ0v) is 13.9. The summed E-state index contributed by atoms with van der Waals surface area (Å²) < 4.78 is 10.7. The van der Waals surface area contributed by atoms with E-state index in [1.54, 1.807) is 31.4 Å². The summed E-state index contributed by atoms with van der Waals surface area (Å²) in [6.07, 6.45) is 4.21. The maximum atomic E-state index is 12.2. The number of aldehydes is 1. The predicted molar refractivity (Wildman–Crippen MR) is 86.2 cm³/mol. The van der Waals surface area contributed by atoms with Gasteiger partial charge < -0.3 is 14.3 Å². The third-order valence-corrected chi connectivity index (χ3v) is 3.67. The van der Waals surface area contributed by atoms with Crippen molar-refractivity contribution in [3.05, 3.63) is 29.8 Å². The maximum Gasteiger partial charge on any atom is 0.338 e. The smallest absolute Gasteiger partial charge is 0.338 e. The fourth-order valence-electron chi connectivity index (χ4n) is 2.25. The number of methoxy groups -OCH3 is 1. The Kier molecular flexibility index (Phi) is 7.09. The minimum absolute atomic E-state index is 0.325. The Balaban J connectivity index is 2.48. The van der Waals surface area contributed by atoms with Crippen molar-refractivity contribution in [2.75, 3.05) is 7.11 Å². The SMILES string of the molecule is COc1ccc(C(=O)OC(C)(C)CCCC(C)CC=O)cc1. The minimum atomic E-state index is -0.516.